The smallest absolute Gasteiger partial charge is 0.385 e. The summed E-state index contributed by atoms with van der Waals surface area (Å²) < 4.78 is 43.0. The van der Waals surface area contributed by atoms with Crippen molar-refractivity contribution in [3.63, 3.8) is 0 Å². The summed E-state index contributed by atoms with van der Waals surface area (Å²) in [6, 6.07) is 4.61. The summed E-state index contributed by atoms with van der Waals surface area (Å²) >= 11 is 0. The van der Waals surface area contributed by atoms with E-state index in [1.807, 2.05) is 0 Å². The monoisotopic (exact) mass is 274 g/mol. The minimum absolute atomic E-state index is 0.456. The van der Waals surface area contributed by atoms with E-state index in [1.54, 1.807) is 6.92 Å². The Balaban J connectivity index is 2.17. The van der Waals surface area contributed by atoms with Crippen LogP contribution in [0.5, 0.6) is 0 Å². The molecule has 1 aliphatic heterocycles. The van der Waals surface area contributed by atoms with Crippen LogP contribution < -0.4 is 0 Å². The first-order valence-corrected chi connectivity index (χ1v) is 6.32. The van der Waals surface area contributed by atoms with Gasteiger partial charge in [0.05, 0.1) is 11.2 Å². The third-order valence-corrected chi connectivity index (χ3v) is 3.63. The normalized spacial score (nSPS) is 26.2. The quantitative estimate of drug-likeness (QED) is 0.891. The van der Waals surface area contributed by atoms with Crippen molar-refractivity contribution in [3.8, 4) is 0 Å². The van der Waals surface area contributed by atoms with Gasteiger partial charge in [-0.25, -0.2) is 0 Å². The van der Waals surface area contributed by atoms with E-state index in [2.05, 4.69) is 0 Å². The van der Waals surface area contributed by atoms with Crippen LogP contribution in [-0.4, -0.2) is 17.3 Å². The largest absolute Gasteiger partial charge is 0.416 e. The number of alkyl halides is 3. The van der Waals surface area contributed by atoms with Crippen LogP contribution in [0.15, 0.2) is 24.3 Å². The molecule has 2 nitrogen and oxygen atoms in total. The van der Waals surface area contributed by atoms with Crippen molar-refractivity contribution < 1.29 is 23.0 Å². The molecule has 2 atom stereocenters. The number of ether oxygens (including phenoxy) is 1. The van der Waals surface area contributed by atoms with Gasteiger partial charge in [-0.3, -0.25) is 0 Å². The molecular weight excluding hydrogens is 257 g/mol. The molecule has 1 heterocycles. The Morgan fingerprint density at radius 2 is 1.84 bits per heavy atom. The summed E-state index contributed by atoms with van der Waals surface area (Å²) in [6.07, 6.45) is -2.65. The lowest BCUT2D eigenvalue weighted by atomic mass is 9.86. The summed E-state index contributed by atoms with van der Waals surface area (Å²) in [5, 5.41) is 10.3. The first-order valence-electron chi connectivity index (χ1n) is 6.32. The highest BCUT2D eigenvalue weighted by molar-refractivity contribution is 5.27. The van der Waals surface area contributed by atoms with E-state index in [4.69, 9.17) is 4.74 Å². The highest BCUT2D eigenvalue weighted by Crippen LogP contribution is 2.37. The molecule has 0 radical (unpaired) electrons. The molecule has 0 bridgehead atoms. The molecular formula is C14H17F3O2. The summed E-state index contributed by atoms with van der Waals surface area (Å²) in [7, 11) is 0. The van der Waals surface area contributed by atoms with Crippen LogP contribution >= 0.6 is 0 Å². The van der Waals surface area contributed by atoms with Crippen LogP contribution in [0.2, 0.25) is 0 Å². The first kappa shape index (κ1) is 14.3. The second-order valence-corrected chi connectivity index (χ2v) is 5.14. The summed E-state index contributed by atoms with van der Waals surface area (Å²) in [4.78, 5) is 0. The number of halogens is 3. The Morgan fingerprint density at radius 3 is 2.32 bits per heavy atom. The number of benzene rings is 1. The molecule has 0 saturated carbocycles. The maximum atomic E-state index is 12.5. The van der Waals surface area contributed by atoms with Gasteiger partial charge in [-0.2, -0.15) is 13.2 Å². The van der Waals surface area contributed by atoms with E-state index in [-0.39, 0.29) is 0 Å². The third kappa shape index (κ3) is 3.09. The molecule has 1 saturated heterocycles. The fraction of sp³-hybridized carbons (Fsp3) is 0.571. The van der Waals surface area contributed by atoms with Crippen LogP contribution in [0, 0.1) is 0 Å². The average Bonchev–Trinajstić information content (AvgIpc) is 2.38. The molecule has 1 aromatic carbocycles. The van der Waals surface area contributed by atoms with Gasteiger partial charge in [0.2, 0.25) is 0 Å². The van der Waals surface area contributed by atoms with E-state index in [0.29, 0.717) is 18.6 Å². The lowest BCUT2D eigenvalue weighted by Crippen LogP contribution is -2.39. The number of aliphatic hydroxyl groups excluding tert-OH is 1. The Bertz CT molecular complexity index is 419. The molecule has 1 N–H and O–H groups in total. The second-order valence-electron chi connectivity index (χ2n) is 5.14. The Hall–Kier alpha value is -1.07. The van der Waals surface area contributed by atoms with Gasteiger partial charge < -0.3 is 9.84 Å². The number of hydrogen-bond donors (Lipinski definition) is 1. The Labute approximate surface area is 110 Å². The molecule has 2 unspecified atom stereocenters. The fourth-order valence-electron chi connectivity index (χ4n) is 2.38. The molecule has 0 spiro atoms. The van der Waals surface area contributed by atoms with Gasteiger partial charge in [0.15, 0.2) is 0 Å². The molecule has 1 aliphatic rings. The molecule has 5 heteroatoms. The molecule has 1 fully saturated rings. The fourth-order valence-corrected chi connectivity index (χ4v) is 2.38. The van der Waals surface area contributed by atoms with E-state index in [0.717, 1.165) is 25.0 Å². The topological polar surface area (TPSA) is 29.5 Å². The highest BCUT2D eigenvalue weighted by atomic mass is 19.4. The van der Waals surface area contributed by atoms with Crippen molar-refractivity contribution in [2.24, 2.45) is 0 Å². The number of rotatable bonds is 2. The lowest BCUT2D eigenvalue weighted by Gasteiger charge is -2.38. The van der Waals surface area contributed by atoms with Crippen molar-refractivity contribution in [2.45, 2.75) is 44.1 Å². The molecule has 106 valence electrons. The Morgan fingerprint density at radius 1 is 1.21 bits per heavy atom. The van der Waals surface area contributed by atoms with Crippen molar-refractivity contribution in [3.05, 3.63) is 35.4 Å². The minimum atomic E-state index is -4.35. The van der Waals surface area contributed by atoms with Crippen LogP contribution in [0.4, 0.5) is 13.2 Å². The van der Waals surface area contributed by atoms with Crippen molar-refractivity contribution in [1.82, 2.24) is 0 Å². The predicted octanol–water partition coefficient (Wildman–Crippen LogP) is 3.70. The van der Waals surface area contributed by atoms with Gasteiger partial charge in [0, 0.05) is 6.61 Å². The van der Waals surface area contributed by atoms with E-state index in [9.17, 15) is 18.3 Å². The van der Waals surface area contributed by atoms with E-state index >= 15 is 0 Å². The molecule has 0 aliphatic carbocycles. The van der Waals surface area contributed by atoms with Crippen LogP contribution in [0.1, 0.15) is 43.4 Å². The first-order chi connectivity index (χ1) is 8.83. The molecule has 0 aromatic heterocycles. The zero-order valence-corrected chi connectivity index (χ0v) is 10.7. The van der Waals surface area contributed by atoms with E-state index in [1.165, 1.54) is 12.1 Å². The van der Waals surface area contributed by atoms with Crippen molar-refractivity contribution >= 4 is 0 Å². The molecule has 19 heavy (non-hydrogen) atoms. The zero-order chi connectivity index (χ0) is 14.1. The Kier molecular flexibility index (Phi) is 3.87. The summed E-state index contributed by atoms with van der Waals surface area (Å²) in [5.41, 5.74) is -0.964. The van der Waals surface area contributed by atoms with Gasteiger partial charge in [-0.05, 0) is 43.9 Å². The summed E-state index contributed by atoms with van der Waals surface area (Å²) in [6.45, 7) is 2.38. The number of aliphatic hydroxyl groups is 1. The average molecular weight is 274 g/mol. The van der Waals surface area contributed by atoms with E-state index < -0.39 is 23.4 Å². The molecule has 2 rings (SSSR count). The summed E-state index contributed by atoms with van der Waals surface area (Å²) in [5.74, 6) is 0. The van der Waals surface area contributed by atoms with Crippen molar-refractivity contribution in [1.29, 1.82) is 0 Å². The third-order valence-electron chi connectivity index (χ3n) is 3.63. The second kappa shape index (κ2) is 5.13. The molecule has 0 amide bonds. The van der Waals surface area contributed by atoms with Crippen molar-refractivity contribution in [2.75, 3.05) is 6.61 Å². The van der Waals surface area contributed by atoms with Crippen LogP contribution in [0.3, 0.4) is 0 Å². The SMILES string of the molecule is CC1(C(O)c2ccc(C(F)(F)F)cc2)CCCCO1. The van der Waals surface area contributed by atoms with Gasteiger partial charge in [0.25, 0.3) is 0 Å². The lowest BCUT2D eigenvalue weighted by molar-refractivity contribution is -0.139. The highest BCUT2D eigenvalue weighted by Gasteiger charge is 2.37. The maximum absolute atomic E-state index is 12.5. The number of hydrogen-bond acceptors (Lipinski definition) is 2. The van der Waals surface area contributed by atoms with Crippen LogP contribution in [-0.2, 0) is 10.9 Å². The molecule has 1 aromatic rings. The van der Waals surface area contributed by atoms with Crippen LogP contribution in [0.25, 0.3) is 0 Å². The van der Waals surface area contributed by atoms with Gasteiger partial charge in [0.1, 0.15) is 6.10 Å². The maximum Gasteiger partial charge on any atom is 0.416 e. The van der Waals surface area contributed by atoms with Gasteiger partial charge in [-0.15, -0.1) is 0 Å². The predicted molar refractivity (Wildman–Crippen MR) is 64.6 cm³/mol. The zero-order valence-electron chi connectivity index (χ0n) is 10.7. The minimum Gasteiger partial charge on any atom is -0.385 e. The van der Waals surface area contributed by atoms with Gasteiger partial charge in [-0.1, -0.05) is 12.1 Å². The van der Waals surface area contributed by atoms with Gasteiger partial charge >= 0.3 is 6.18 Å². The standard InChI is InChI=1S/C14H17F3O2/c1-13(8-2-3-9-19-13)12(18)10-4-6-11(7-5-10)14(15,16)17/h4-7,12,18H,2-3,8-9H2,1H3.